The number of halogens is 1. The van der Waals surface area contributed by atoms with E-state index in [0.717, 1.165) is 26.5 Å². The summed E-state index contributed by atoms with van der Waals surface area (Å²) in [6, 6.07) is 29.4. The number of hydrogen-bond donors (Lipinski definition) is 13. The summed E-state index contributed by atoms with van der Waals surface area (Å²) in [6.45, 7) is 5.04. The Morgan fingerprint density at radius 1 is 0.445 bits per heavy atom. The van der Waals surface area contributed by atoms with Gasteiger partial charge in [0, 0.05) is 101 Å². The Kier molecular flexibility index (Phi) is 39.6. The van der Waals surface area contributed by atoms with Crippen molar-refractivity contribution in [3.63, 3.8) is 0 Å². The van der Waals surface area contributed by atoms with E-state index in [1.807, 2.05) is 36.4 Å². The van der Waals surface area contributed by atoms with Crippen molar-refractivity contribution in [1.82, 2.24) is 77.3 Å². The molecular weight excluding hydrogens is 1770 g/mol. The maximum atomic E-state index is 15.5. The second-order valence-electron chi connectivity index (χ2n) is 32.5. The van der Waals surface area contributed by atoms with E-state index >= 15 is 38.4 Å². The number of benzene rings is 6. The number of thioether (sulfide) groups is 1. The molecule has 11 atom stereocenters. The predicted molar refractivity (Wildman–Crippen MR) is 493 cm³/mol. The third kappa shape index (κ3) is 30.4. The van der Waals surface area contributed by atoms with Crippen LogP contribution in [0.25, 0.3) is 10.9 Å². The number of alkyl halides is 1. The highest BCUT2D eigenvalue weighted by Gasteiger charge is 2.42. The molecule has 0 aliphatic carbocycles. The maximum absolute atomic E-state index is 15.5. The van der Waals surface area contributed by atoms with Crippen LogP contribution in [0.15, 0.2) is 170 Å². The Morgan fingerprint density at radius 3 is 1.42 bits per heavy atom. The number of unbranched alkanes of at least 4 members (excludes halogenated alkanes) is 2. The first-order valence-corrected chi connectivity index (χ1v) is 45.5. The minimum Gasteiger partial charge on any atom is -0.508 e. The van der Waals surface area contributed by atoms with Gasteiger partial charge in [-0.1, -0.05) is 209 Å². The first-order chi connectivity index (χ1) is 61.2. The van der Waals surface area contributed by atoms with Gasteiger partial charge in [-0.15, -0.1) is 11.8 Å². The predicted octanol–water partition coefficient (Wildman–Crippen LogP) is 3.82. The van der Waals surface area contributed by atoms with Crippen molar-refractivity contribution in [3.8, 4) is 11.5 Å². The smallest absolute Gasteiger partial charge is 0.246 e. The lowest BCUT2D eigenvalue weighted by Gasteiger charge is -2.37. The summed E-state index contributed by atoms with van der Waals surface area (Å²) in [7, 11) is 6.88. The number of nitrogens with two attached hydrogens (primary N) is 1. The lowest BCUT2D eigenvalue weighted by Crippen LogP contribution is -2.61. The first kappa shape index (κ1) is 101. The van der Waals surface area contributed by atoms with Crippen LogP contribution in [0.5, 0.6) is 11.5 Å². The van der Waals surface area contributed by atoms with Gasteiger partial charge in [-0.05, 0) is 88.9 Å². The van der Waals surface area contributed by atoms with Crippen molar-refractivity contribution >= 4 is 134 Å². The summed E-state index contributed by atoms with van der Waals surface area (Å²) >= 11 is 2.89. The van der Waals surface area contributed by atoms with Crippen molar-refractivity contribution in [2.45, 2.75) is 178 Å². The minimum atomic E-state index is -1.57. The molecule has 6 aromatic carbocycles. The Balaban J connectivity index is 1.20. The molecule has 0 saturated carbocycles. The molecule has 35 heteroatoms. The first-order valence-electron chi connectivity index (χ1n) is 42.8. The number of para-hydroxylation sites is 1. The summed E-state index contributed by atoms with van der Waals surface area (Å²) in [5, 5.41) is 46.1. The van der Waals surface area contributed by atoms with Gasteiger partial charge in [0.1, 0.15) is 78.0 Å². The van der Waals surface area contributed by atoms with Crippen LogP contribution in [0.4, 0.5) is 0 Å². The molecule has 686 valence electrons. The SMILES string of the molecule is CCCC[C@@H]1NC(=O)[C@H](Cc2ccc(O)cc2)NC(=O)[C@H](Cc2c[nH]c3ccccc23)NC(=O)CN(C)C(=O)[C@H](Cc2ccc(O)cc2)NC(=O)[C@H](Cc2ccccc2)N(C)C(=O)[C@H](C(C)C)NC(=O)[C@H](CCI)NC(=O)CN(C)C(=O)[C@H](CCCC)N(C)C(=O)[C@H](Cc2ccccc2)N(C)C(=O)[C@H](Cc2ccccc2)NC(=O)CSC[C@@H](C(=O)NCC(N)=O)NC1=O. The standard InChI is InChI=1S/C93H119IN16O17S/c1-10-12-32-68-84(118)104-74(83(117)97-52-78(95)113)55-128-56-81(116)100-73(46-58-25-17-14-18-26-58)90(124)110(9)77(49-60-29-21-16-22-30-60)92(126)108(7)75(34-13-11-2)91(125)107(6)54-79(114)98-69(43-44-94)85(119)105-82(57(3)4)93(127)109(8)76(48-59-27-19-15-20-28-59)88(122)103-72(47-62-37-41-65(112)42-38-62)89(123)106(5)53-80(115)99-71(50-63-51-96-67-33-24-23-31-66(63)67)87(121)102-70(86(120)101-68)45-61-35-39-64(111)40-36-61/h14-31,33,35-42,51,57,68-77,82,96,111-112H,10-13,32,34,43-50,52-56H2,1-9H3,(H2,95,113)(H,97,117)(H,98,114)(H,99,115)(H,100,116)(H,101,120)(H,102,121)(H,103,122)(H,104,118)(H,105,119)/t68-,69-,70-,71-,72-,73-,74-,75-,76-,77-,82-/m0/s1. The number of amides is 15. The highest BCUT2D eigenvalue weighted by Crippen LogP contribution is 2.25. The van der Waals surface area contributed by atoms with Crippen LogP contribution >= 0.6 is 34.4 Å². The van der Waals surface area contributed by atoms with Crippen molar-refractivity contribution in [3.05, 3.63) is 203 Å². The molecule has 0 bridgehead atoms. The van der Waals surface area contributed by atoms with Crippen molar-refractivity contribution in [1.29, 1.82) is 0 Å². The summed E-state index contributed by atoms with van der Waals surface area (Å²) in [5.74, 6) is -13.9. The molecule has 1 fully saturated rings. The third-order valence-corrected chi connectivity index (χ3v) is 23.9. The van der Waals surface area contributed by atoms with Crippen LogP contribution in [0.2, 0.25) is 0 Å². The molecule has 1 aliphatic heterocycles. The number of nitrogens with zero attached hydrogens (tertiary/aromatic N) is 5. The zero-order chi connectivity index (χ0) is 93.3. The Morgan fingerprint density at radius 2 is 0.875 bits per heavy atom. The largest absolute Gasteiger partial charge is 0.508 e. The molecule has 128 heavy (non-hydrogen) atoms. The van der Waals surface area contributed by atoms with Gasteiger partial charge in [0.15, 0.2) is 0 Å². The average Bonchev–Trinajstić information content (AvgIpc) is 1.37. The molecule has 1 saturated heterocycles. The number of nitrogens with one attached hydrogen (secondary N) is 10. The molecule has 0 radical (unpaired) electrons. The molecule has 1 aliphatic rings. The number of carbonyl (C=O) groups is 15. The number of hydrogen-bond acceptors (Lipinski definition) is 18. The molecular formula is C93H119IN16O17S. The van der Waals surface area contributed by atoms with Crippen LogP contribution in [-0.2, 0) is 110 Å². The number of rotatable bonds is 24. The van der Waals surface area contributed by atoms with Crippen LogP contribution in [0.1, 0.15) is 106 Å². The summed E-state index contributed by atoms with van der Waals surface area (Å²) < 4.78 is 0.319. The second-order valence-corrected chi connectivity index (χ2v) is 34.6. The number of primary amides is 1. The van der Waals surface area contributed by atoms with Gasteiger partial charge < -0.3 is 93.3 Å². The van der Waals surface area contributed by atoms with Gasteiger partial charge in [-0.2, -0.15) is 0 Å². The van der Waals surface area contributed by atoms with Gasteiger partial charge in [-0.3, -0.25) is 71.9 Å². The Bertz CT molecular complexity index is 4960. The van der Waals surface area contributed by atoms with E-state index in [2.05, 4.69) is 52.8 Å². The van der Waals surface area contributed by atoms with E-state index < -0.39 is 186 Å². The topological polar surface area (TPSA) is 463 Å². The number of likely N-dealkylation sites (N-methyl/N-ethyl adjacent to an activating group) is 5. The average molecular weight is 1890 g/mol. The van der Waals surface area contributed by atoms with Gasteiger partial charge in [-0.25, -0.2) is 0 Å². The van der Waals surface area contributed by atoms with Gasteiger partial charge in [0.2, 0.25) is 88.6 Å². The van der Waals surface area contributed by atoms with Gasteiger partial charge in [0.05, 0.1) is 25.4 Å². The Hall–Kier alpha value is -12.4. The lowest BCUT2D eigenvalue weighted by atomic mass is 9.98. The van der Waals surface area contributed by atoms with E-state index in [0.29, 0.717) is 74.4 Å². The molecule has 15 amide bonds. The fourth-order valence-corrected chi connectivity index (χ4v) is 16.4. The van der Waals surface area contributed by atoms with Crippen LogP contribution in [-0.4, -0.2) is 266 Å². The van der Waals surface area contributed by atoms with E-state index in [-0.39, 0.29) is 75.0 Å². The Labute approximate surface area is 763 Å². The minimum absolute atomic E-state index is 0.0393. The monoisotopic (exact) mass is 1890 g/mol. The zero-order valence-corrected chi connectivity index (χ0v) is 76.6. The van der Waals surface area contributed by atoms with Crippen molar-refractivity contribution in [2.75, 3.05) is 70.8 Å². The van der Waals surface area contributed by atoms with Crippen molar-refractivity contribution < 1.29 is 82.1 Å². The highest BCUT2D eigenvalue weighted by molar-refractivity contribution is 14.1. The van der Waals surface area contributed by atoms with E-state index in [4.69, 9.17) is 5.73 Å². The van der Waals surface area contributed by atoms with Gasteiger partial charge >= 0.3 is 0 Å². The van der Waals surface area contributed by atoms with Crippen LogP contribution < -0.4 is 53.6 Å². The fraction of sp³-hybridized carbons (Fsp3) is 0.430. The number of phenolic OH excluding ortho intramolecular Hbond substituents is 2. The summed E-state index contributed by atoms with van der Waals surface area (Å²) in [4.78, 5) is 232. The molecule has 0 spiro atoms. The summed E-state index contributed by atoms with van der Waals surface area (Å²) in [5.41, 5.74) is 9.37. The van der Waals surface area contributed by atoms with E-state index in [1.165, 1.54) is 93.6 Å². The van der Waals surface area contributed by atoms with E-state index in [9.17, 15) is 43.8 Å². The maximum Gasteiger partial charge on any atom is 0.246 e. The molecule has 33 nitrogen and oxygen atoms in total. The fourth-order valence-electron chi connectivity index (χ4n) is 14.9. The number of carbonyl (C=O) groups excluding carboxylic acids is 15. The number of fused-ring (bicyclic) bond motifs is 1. The van der Waals surface area contributed by atoms with Crippen LogP contribution in [0.3, 0.4) is 0 Å². The lowest BCUT2D eigenvalue weighted by molar-refractivity contribution is -0.151. The quantitative estimate of drug-likeness (QED) is 0.0302. The second kappa shape index (κ2) is 50.2. The molecule has 0 unspecified atom stereocenters. The number of phenols is 2. The van der Waals surface area contributed by atoms with Crippen molar-refractivity contribution in [2.24, 2.45) is 11.7 Å². The zero-order valence-electron chi connectivity index (χ0n) is 73.6. The third-order valence-electron chi connectivity index (χ3n) is 22.2. The van der Waals surface area contributed by atoms with E-state index in [1.54, 1.807) is 135 Å². The molecule has 2 heterocycles. The number of H-pyrrole nitrogens is 1. The highest BCUT2D eigenvalue weighted by atomic mass is 127. The normalized spacial score (nSPS) is 22.0. The molecule has 1 aromatic heterocycles. The molecule has 8 rings (SSSR count). The molecule has 7 aromatic rings. The number of aromatic nitrogens is 1. The molecule has 14 N–H and O–H groups in total. The summed E-state index contributed by atoms with van der Waals surface area (Å²) in [6.07, 6.45) is 2.53. The number of aromatic amines is 1. The van der Waals surface area contributed by atoms with Crippen LogP contribution in [0, 0.1) is 5.92 Å². The van der Waals surface area contributed by atoms with Gasteiger partial charge in [0.25, 0.3) is 0 Å². The number of aromatic hydroxyl groups is 2.